The number of aromatic nitrogens is 1. The summed E-state index contributed by atoms with van der Waals surface area (Å²) in [6, 6.07) is 1.33. The fourth-order valence-corrected chi connectivity index (χ4v) is 0.711. The summed E-state index contributed by atoms with van der Waals surface area (Å²) in [4.78, 5) is 14.0. The molecule has 1 heterocycles. The molecule has 0 fully saturated rings. The van der Waals surface area contributed by atoms with Crippen molar-refractivity contribution < 1.29 is 14.6 Å². The number of hydrogen-bond acceptors (Lipinski definition) is 4. The van der Waals surface area contributed by atoms with E-state index in [0.717, 1.165) is 0 Å². The lowest BCUT2D eigenvalue weighted by Crippen LogP contribution is -2.22. The van der Waals surface area contributed by atoms with Gasteiger partial charge in [0.25, 0.3) is 0 Å². The van der Waals surface area contributed by atoms with Crippen LogP contribution in [0.4, 0.5) is 0 Å². The maximum absolute atomic E-state index is 10.4. The van der Waals surface area contributed by atoms with Crippen LogP contribution in [0.25, 0.3) is 0 Å². The Bertz CT molecular complexity index is 272. The van der Waals surface area contributed by atoms with Gasteiger partial charge in [0.1, 0.15) is 5.75 Å². The Morgan fingerprint density at radius 1 is 1.73 bits per heavy atom. The van der Waals surface area contributed by atoms with Crippen molar-refractivity contribution in [1.82, 2.24) is 4.98 Å². The van der Waals surface area contributed by atoms with Crippen molar-refractivity contribution in [3.63, 3.8) is 0 Å². The van der Waals surface area contributed by atoms with Crippen LogP contribution in [0, 0.1) is 0 Å². The number of carbonyl (C=O) groups excluding carboxylic acids is 1. The zero-order valence-corrected chi connectivity index (χ0v) is 5.90. The molecule has 0 aliphatic rings. The molecule has 11 heavy (non-hydrogen) atoms. The van der Waals surface area contributed by atoms with Crippen molar-refractivity contribution in [1.29, 1.82) is 0 Å². The minimum Gasteiger partial charge on any atom is -0.545 e. The smallest absolute Gasteiger partial charge is 0.146 e. The molecule has 4 heteroatoms. The van der Waals surface area contributed by atoms with Crippen molar-refractivity contribution in [2.45, 2.75) is 0 Å². The number of aromatic carboxylic acids is 1. The number of ether oxygens (including phenoxy) is 1. The van der Waals surface area contributed by atoms with Crippen molar-refractivity contribution in [2.75, 3.05) is 7.11 Å². The molecule has 0 saturated heterocycles. The fraction of sp³-hybridized carbons (Fsp3) is 0.143. The Kier molecular flexibility index (Phi) is 2.06. The Balaban J connectivity index is 3.12. The second kappa shape index (κ2) is 3.01. The topological polar surface area (TPSA) is 62.2 Å². The standard InChI is InChI=1S/C7H7NO3/c1-11-6-4-8-3-2-5(6)7(9)10/h2-4H,1H3,(H,9,10)/p-1. The highest BCUT2D eigenvalue weighted by Gasteiger charge is 2.00. The molecule has 0 spiro atoms. The molecule has 0 atom stereocenters. The van der Waals surface area contributed by atoms with E-state index in [4.69, 9.17) is 4.74 Å². The highest BCUT2D eigenvalue weighted by molar-refractivity contribution is 5.88. The highest BCUT2D eigenvalue weighted by atomic mass is 16.5. The fourth-order valence-electron chi connectivity index (χ4n) is 0.711. The molecule has 1 aromatic rings. The van der Waals surface area contributed by atoms with E-state index < -0.39 is 5.97 Å². The van der Waals surface area contributed by atoms with Crippen LogP contribution >= 0.6 is 0 Å². The Morgan fingerprint density at radius 3 is 2.91 bits per heavy atom. The van der Waals surface area contributed by atoms with Gasteiger partial charge in [-0.15, -0.1) is 0 Å². The second-order valence-corrected chi connectivity index (χ2v) is 1.86. The van der Waals surface area contributed by atoms with E-state index >= 15 is 0 Å². The molecular weight excluding hydrogens is 146 g/mol. The summed E-state index contributed by atoms with van der Waals surface area (Å²) >= 11 is 0. The zero-order valence-electron chi connectivity index (χ0n) is 5.90. The largest absolute Gasteiger partial charge is 0.545 e. The summed E-state index contributed by atoms with van der Waals surface area (Å²) in [5.74, 6) is -1.04. The summed E-state index contributed by atoms with van der Waals surface area (Å²) in [5, 5.41) is 10.4. The third kappa shape index (κ3) is 1.46. The van der Waals surface area contributed by atoms with Crippen LogP contribution in [0.3, 0.4) is 0 Å². The van der Waals surface area contributed by atoms with Crippen LogP contribution < -0.4 is 9.84 Å². The number of pyridine rings is 1. The molecule has 1 rings (SSSR count). The lowest BCUT2D eigenvalue weighted by Gasteiger charge is -2.06. The van der Waals surface area contributed by atoms with E-state index in [9.17, 15) is 9.90 Å². The van der Waals surface area contributed by atoms with Gasteiger partial charge in [0, 0.05) is 11.8 Å². The van der Waals surface area contributed by atoms with Crippen LogP contribution in [-0.4, -0.2) is 18.1 Å². The van der Waals surface area contributed by atoms with Crippen molar-refractivity contribution in [3.8, 4) is 5.75 Å². The average Bonchev–Trinajstić information content (AvgIpc) is 2.04. The number of rotatable bonds is 2. The lowest BCUT2D eigenvalue weighted by atomic mass is 10.2. The summed E-state index contributed by atoms with van der Waals surface area (Å²) < 4.78 is 4.72. The number of methoxy groups -OCH3 is 1. The van der Waals surface area contributed by atoms with Gasteiger partial charge in [0.05, 0.1) is 19.3 Å². The van der Waals surface area contributed by atoms with Gasteiger partial charge in [-0.25, -0.2) is 0 Å². The van der Waals surface area contributed by atoms with Gasteiger partial charge in [-0.1, -0.05) is 0 Å². The van der Waals surface area contributed by atoms with Gasteiger partial charge in [-0.2, -0.15) is 0 Å². The number of nitrogens with zero attached hydrogens (tertiary/aromatic N) is 1. The van der Waals surface area contributed by atoms with E-state index in [0.29, 0.717) is 0 Å². The number of carbonyl (C=O) groups is 1. The van der Waals surface area contributed by atoms with Crippen LogP contribution in [0.2, 0.25) is 0 Å². The van der Waals surface area contributed by atoms with Crippen molar-refractivity contribution >= 4 is 5.97 Å². The number of hydrogen-bond donors (Lipinski definition) is 0. The quantitative estimate of drug-likeness (QED) is 0.570. The normalized spacial score (nSPS) is 9.18. The monoisotopic (exact) mass is 152 g/mol. The van der Waals surface area contributed by atoms with Gasteiger partial charge in [-0.3, -0.25) is 4.98 Å². The maximum Gasteiger partial charge on any atom is 0.146 e. The molecule has 58 valence electrons. The summed E-state index contributed by atoms with van der Waals surface area (Å²) in [7, 11) is 1.38. The first-order valence-electron chi connectivity index (χ1n) is 2.95. The Morgan fingerprint density at radius 2 is 2.45 bits per heavy atom. The molecule has 0 aromatic carbocycles. The maximum atomic E-state index is 10.4. The summed E-state index contributed by atoms with van der Waals surface area (Å²) in [6.45, 7) is 0. The number of carboxylic acid groups (broad SMARTS) is 1. The van der Waals surface area contributed by atoms with Gasteiger partial charge in [0.2, 0.25) is 0 Å². The molecular formula is C7H6NO3-. The average molecular weight is 152 g/mol. The van der Waals surface area contributed by atoms with Crippen LogP contribution in [0.15, 0.2) is 18.5 Å². The number of carboxylic acids is 1. The minimum absolute atomic E-state index is 0.0162. The third-order valence-corrected chi connectivity index (χ3v) is 1.22. The SMILES string of the molecule is COc1cnccc1C(=O)[O-]. The van der Waals surface area contributed by atoms with Gasteiger partial charge in [-0.05, 0) is 6.07 Å². The molecule has 0 bridgehead atoms. The van der Waals surface area contributed by atoms with E-state index in [-0.39, 0.29) is 11.3 Å². The van der Waals surface area contributed by atoms with Gasteiger partial charge < -0.3 is 14.6 Å². The molecule has 1 aromatic heterocycles. The predicted octanol–water partition coefficient (Wildman–Crippen LogP) is -0.546. The first kappa shape index (κ1) is 7.53. The van der Waals surface area contributed by atoms with Crippen molar-refractivity contribution in [3.05, 3.63) is 24.0 Å². The first-order valence-corrected chi connectivity index (χ1v) is 2.95. The Labute approximate surface area is 63.5 Å². The highest BCUT2D eigenvalue weighted by Crippen LogP contribution is 2.13. The Hall–Kier alpha value is -1.58. The molecule has 0 aliphatic carbocycles. The van der Waals surface area contributed by atoms with E-state index in [1.807, 2.05) is 0 Å². The zero-order chi connectivity index (χ0) is 8.27. The van der Waals surface area contributed by atoms with E-state index in [1.54, 1.807) is 0 Å². The molecule has 0 saturated carbocycles. The van der Waals surface area contributed by atoms with Gasteiger partial charge in [0.15, 0.2) is 0 Å². The molecule has 0 radical (unpaired) electrons. The third-order valence-electron chi connectivity index (χ3n) is 1.22. The molecule has 0 aliphatic heterocycles. The van der Waals surface area contributed by atoms with E-state index in [2.05, 4.69) is 4.98 Å². The van der Waals surface area contributed by atoms with Crippen LogP contribution in [0.5, 0.6) is 5.75 Å². The molecule has 4 nitrogen and oxygen atoms in total. The molecule has 0 N–H and O–H groups in total. The summed E-state index contributed by atoms with van der Waals surface area (Å²) in [5.41, 5.74) is 0.0162. The second-order valence-electron chi connectivity index (χ2n) is 1.86. The minimum atomic E-state index is -1.26. The van der Waals surface area contributed by atoms with E-state index in [1.165, 1.54) is 25.6 Å². The van der Waals surface area contributed by atoms with Gasteiger partial charge >= 0.3 is 0 Å². The predicted molar refractivity (Wildman–Crippen MR) is 35.1 cm³/mol. The van der Waals surface area contributed by atoms with Crippen molar-refractivity contribution in [2.24, 2.45) is 0 Å². The lowest BCUT2D eigenvalue weighted by molar-refractivity contribution is -0.255. The van der Waals surface area contributed by atoms with Crippen LogP contribution in [-0.2, 0) is 0 Å². The first-order chi connectivity index (χ1) is 5.25. The molecule has 0 amide bonds. The summed E-state index contributed by atoms with van der Waals surface area (Å²) in [6.07, 6.45) is 2.69. The molecule has 0 unspecified atom stereocenters. The van der Waals surface area contributed by atoms with Crippen LogP contribution in [0.1, 0.15) is 10.4 Å².